The molecular weight excluding hydrogens is 305 g/mol. The molecule has 1 aromatic heterocycles. The number of aryl methyl sites for hydroxylation is 1. The number of carbonyl (C=O) groups excluding carboxylic acids is 1. The Labute approximate surface area is 110 Å². The lowest BCUT2D eigenvalue weighted by Gasteiger charge is -2.02. The predicted octanol–water partition coefficient (Wildman–Crippen LogP) is 3.77. The fraction of sp³-hybridized carbons (Fsp3) is 0.0833. The minimum absolute atomic E-state index is 0.00699. The van der Waals surface area contributed by atoms with E-state index in [0.717, 1.165) is 4.88 Å². The summed E-state index contributed by atoms with van der Waals surface area (Å²) < 4.78 is 14.2. The second-order valence-corrected chi connectivity index (χ2v) is 5.71. The van der Waals surface area contributed by atoms with Gasteiger partial charge in [-0.05, 0) is 47.1 Å². The van der Waals surface area contributed by atoms with Crippen molar-refractivity contribution in [3.8, 4) is 0 Å². The Morgan fingerprint density at radius 1 is 1.41 bits per heavy atom. The van der Waals surface area contributed by atoms with Crippen LogP contribution in [0.4, 0.5) is 10.1 Å². The molecule has 0 radical (unpaired) electrons. The molecule has 0 amide bonds. The Bertz CT molecular complexity index is 594. The van der Waals surface area contributed by atoms with E-state index in [9.17, 15) is 9.18 Å². The zero-order chi connectivity index (χ0) is 12.6. The molecule has 0 aliphatic rings. The van der Waals surface area contributed by atoms with E-state index in [1.807, 2.05) is 13.0 Å². The monoisotopic (exact) mass is 313 g/mol. The third-order valence-electron chi connectivity index (χ3n) is 2.25. The topological polar surface area (TPSA) is 43.1 Å². The molecule has 2 N–H and O–H groups in total. The first-order valence-corrected chi connectivity index (χ1v) is 6.45. The van der Waals surface area contributed by atoms with E-state index in [2.05, 4.69) is 15.9 Å². The molecule has 0 saturated heterocycles. The molecule has 2 rings (SSSR count). The Morgan fingerprint density at radius 3 is 2.71 bits per heavy atom. The van der Waals surface area contributed by atoms with Crippen molar-refractivity contribution >= 4 is 38.7 Å². The molecule has 0 spiro atoms. The summed E-state index contributed by atoms with van der Waals surface area (Å²) in [5.41, 5.74) is 5.94. The third kappa shape index (κ3) is 2.40. The Balaban J connectivity index is 2.50. The van der Waals surface area contributed by atoms with Crippen molar-refractivity contribution in [1.29, 1.82) is 0 Å². The van der Waals surface area contributed by atoms with E-state index in [-0.39, 0.29) is 11.3 Å². The fourth-order valence-corrected chi connectivity index (χ4v) is 3.25. The number of rotatable bonds is 2. The molecule has 1 aromatic carbocycles. The van der Waals surface area contributed by atoms with Crippen LogP contribution in [0.1, 0.15) is 20.1 Å². The van der Waals surface area contributed by atoms with Crippen molar-refractivity contribution in [3.05, 3.63) is 49.9 Å². The SMILES string of the molecule is Cc1cc(Br)c(C(=O)c2cc(N)ccc2F)s1. The largest absolute Gasteiger partial charge is 0.399 e. The van der Waals surface area contributed by atoms with Crippen molar-refractivity contribution in [2.24, 2.45) is 0 Å². The smallest absolute Gasteiger partial charge is 0.207 e. The average Bonchev–Trinajstić information content (AvgIpc) is 2.60. The van der Waals surface area contributed by atoms with Crippen molar-refractivity contribution in [2.45, 2.75) is 6.92 Å². The highest BCUT2D eigenvalue weighted by Gasteiger charge is 2.19. The Hall–Kier alpha value is -1.20. The summed E-state index contributed by atoms with van der Waals surface area (Å²) in [6.45, 7) is 1.89. The number of hydrogen-bond acceptors (Lipinski definition) is 3. The summed E-state index contributed by atoms with van der Waals surface area (Å²) >= 11 is 4.62. The number of benzene rings is 1. The van der Waals surface area contributed by atoms with E-state index >= 15 is 0 Å². The summed E-state index contributed by atoms with van der Waals surface area (Å²) in [6, 6.07) is 5.83. The van der Waals surface area contributed by atoms with Gasteiger partial charge >= 0.3 is 0 Å². The van der Waals surface area contributed by atoms with Gasteiger partial charge in [0, 0.05) is 15.0 Å². The van der Waals surface area contributed by atoms with E-state index in [1.165, 1.54) is 29.5 Å². The second kappa shape index (κ2) is 4.58. The lowest BCUT2D eigenvalue weighted by Crippen LogP contribution is -2.04. The van der Waals surface area contributed by atoms with Crippen LogP contribution in [-0.4, -0.2) is 5.78 Å². The first-order chi connectivity index (χ1) is 7.99. The molecule has 0 atom stereocenters. The molecule has 0 fully saturated rings. The van der Waals surface area contributed by atoms with Crippen molar-refractivity contribution < 1.29 is 9.18 Å². The summed E-state index contributed by atoms with van der Waals surface area (Å²) in [5.74, 6) is -0.901. The fourth-order valence-electron chi connectivity index (χ4n) is 1.48. The maximum atomic E-state index is 13.6. The lowest BCUT2D eigenvalue weighted by molar-refractivity contribution is 0.103. The second-order valence-electron chi connectivity index (χ2n) is 3.60. The number of halogens is 2. The highest BCUT2D eigenvalue weighted by Crippen LogP contribution is 2.30. The van der Waals surface area contributed by atoms with Crippen molar-refractivity contribution in [1.82, 2.24) is 0 Å². The van der Waals surface area contributed by atoms with Gasteiger partial charge in [0.1, 0.15) is 5.82 Å². The highest BCUT2D eigenvalue weighted by molar-refractivity contribution is 9.10. The van der Waals surface area contributed by atoms with Crippen LogP contribution in [0.5, 0.6) is 0 Å². The van der Waals surface area contributed by atoms with E-state index in [1.54, 1.807) is 0 Å². The van der Waals surface area contributed by atoms with Gasteiger partial charge in [-0.2, -0.15) is 0 Å². The molecule has 0 aliphatic carbocycles. The molecule has 2 nitrogen and oxygen atoms in total. The summed E-state index contributed by atoms with van der Waals surface area (Å²) in [6.07, 6.45) is 0. The number of nitrogens with two attached hydrogens (primary N) is 1. The van der Waals surface area contributed by atoms with Gasteiger partial charge in [0.2, 0.25) is 5.78 Å². The van der Waals surface area contributed by atoms with Gasteiger partial charge in [-0.3, -0.25) is 4.79 Å². The number of nitrogen functional groups attached to an aromatic ring is 1. The molecule has 17 heavy (non-hydrogen) atoms. The van der Waals surface area contributed by atoms with Crippen LogP contribution >= 0.6 is 27.3 Å². The van der Waals surface area contributed by atoms with Gasteiger partial charge in [0.05, 0.1) is 10.4 Å². The quantitative estimate of drug-likeness (QED) is 0.677. The molecule has 0 aliphatic heterocycles. The summed E-state index contributed by atoms with van der Waals surface area (Å²) in [4.78, 5) is 13.6. The van der Waals surface area contributed by atoms with Crippen molar-refractivity contribution in [2.75, 3.05) is 5.73 Å². The van der Waals surface area contributed by atoms with Crippen LogP contribution in [-0.2, 0) is 0 Å². The molecule has 2 aromatic rings. The Morgan fingerprint density at radius 2 is 2.12 bits per heavy atom. The van der Waals surface area contributed by atoms with Gasteiger partial charge in [-0.1, -0.05) is 0 Å². The molecule has 0 unspecified atom stereocenters. The lowest BCUT2D eigenvalue weighted by atomic mass is 10.1. The van der Waals surface area contributed by atoms with Gasteiger partial charge in [-0.15, -0.1) is 11.3 Å². The van der Waals surface area contributed by atoms with Gasteiger partial charge in [0.15, 0.2) is 0 Å². The van der Waals surface area contributed by atoms with E-state index < -0.39 is 5.82 Å². The number of ketones is 1. The van der Waals surface area contributed by atoms with Crippen LogP contribution in [0, 0.1) is 12.7 Å². The number of carbonyl (C=O) groups is 1. The van der Waals surface area contributed by atoms with Crippen LogP contribution < -0.4 is 5.73 Å². The Kier molecular flexibility index (Phi) is 3.31. The zero-order valence-corrected chi connectivity index (χ0v) is 11.4. The normalized spacial score (nSPS) is 10.5. The molecule has 0 bridgehead atoms. The van der Waals surface area contributed by atoms with Crippen molar-refractivity contribution in [3.63, 3.8) is 0 Å². The van der Waals surface area contributed by atoms with Gasteiger partial charge in [-0.25, -0.2) is 4.39 Å². The maximum Gasteiger partial charge on any atom is 0.207 e. The summed E-state index contributed by atoms with van der Waals surface area (Å²) in [5, 5.41) is 0. The third-order valence-corrected chi connectivity index (χ3v) is 4.19. The van der Waals surface area contributed by atoms with Crippen LogP contribution in [0.15, 0.2) is 28.7 Å². The molecule has 1 heterocycles. The van der Waals surface area contributed by atoms with E-state index in [4.69, 9.17) is 5.73 Å². The van der Waals surface area contributed by atoms with E-state index in [0.29, 0.717) is 15.0 Å². The predicted molar refractivity (Wildman–Crippen MR) is 71.0 cm³/mol. The summed E-state index contributed by atoms with van der Waals surface area (Å²) in [7, 11) is 0. The van der Waals surface area contributed by atoms with Crippen LogP contribution in [0.3, 0.4) is 0 Å². The first kappa shape index (κ1) is 12.3. The molecule has 5 heteroatoms. The maximum absolute atomic E-state index is 13.6. The van der Waals surface area contributed by atoms with Crippen LogP contribution in [0.25, 0.3) is 0 Å². The number of hydrogen-bond donors (Lipinski definition) is 1. The van der Waals surface area contributed by atoms with Gasteiger partial charge in [0.25, 0.3) is 0 Å². The zero-order valence-electron chi connectivity index (χ0n) is 8.96. The highest BCUT2D eigenvalue weighted by atomic mass is 79.9. The first-order valence-electron chi connectivity index (χ1n) is 4.84. The minimum Gasteiger partial charge on any atom is -0.399 e. The average molecular weight is 314 g/mol. The standard InChI is InChI=1S/C12H9BrFNOS/c1-6-4-9(13)12(17-6)11(16)8-5-7(15)2-3-10(8)14/h2-5H,15H2,1H3. The molecule has 88 valence electrons. The number of thiophene rings is 1. The molecule has 0 saturated carbocycles. The van der Waals surface area contributed by atoms with Crippen LogP contribution in [0.2, 0.25) is 0 Å². The minimum atomic E-state index is -0.554. The number of anilines is 1. The molecular formula is C12H9BrFNOS. The van der Waals surface area contributed by atoms with Gasteiger partial charge < -0.3 is 5.73 Å².